The summed E-state index contributed by atoms with van der Waals surface area (Å²) < 4.78 is 0. The molecule has 2 heterocycles. The van der Waals surface area contributed by atoms with E-state index in [1.54, 1.807) is 30.5 Å². The van der Waals surface area contributed by atoms with E-state index < -0.39 is 0 Å². The van der Waals surface area contributed by atoms with Gasteiger partial charge in [-0.15, -0.1) is 0 Å². The molecule has 0 fully saturated rings. The fourth-order valence-corrected chi connectivity index (χ4v) is 1.71. The number of H-pyrrole nitrogens is 1. The summed E-state index contributed by atoms with van der Waals surface area (Å²) in [6.07, 6.45) is 7.53. The van der Waals surface area contributed by atoms with Gasteiger partial charge in [-0.05, 0) is 6.42 Å². The van der Waals surface area contributed by atoms with Crippen molar-refractivity contribution in [3.63, 3.8) is 0 Å². The van der Waals surface area contributed by atoms with Gasteiger partial charge in [0.2, 0.25) is 0 Å². The number of nitrogens with one attached hydrogen (secondary N) is 2. The minimum Gasteiger partial charge on any atom is -0.369 e. The molecule has 20 heavy (non-hydrogen) atoms. The van der Waals surface area contributed by atoms with Crippen molar-refractivity contribution in [1.82, 2.24) is 25.1 Å². The summed E-state index contributed by atoms with van der Waals surface area (Å²) in [4.78, 5) is 22.2. The first kappa shape index (κ1) is 14.0. The lowest BCUT2D eigenvalue weighted by atomic mass is 10.3. The van der Waals surface area contributed by atoms with Gasteiger partial charge in [-0.3, -0.25) is 14.9 Å². The highest BCUT2D eigenvalue weighted by Crippen LogP contribution is 2.07. The number of carbonyl (C=O) groups is 1. The van der Waals surface area contributed by atoms with Crippen LogP contribution in [0.2, 0.25) is 0 Å². The van der Waals surface area contributed by atoms with Crippen LogP contribution in [-0.4, -0.2) is 44.6 Å². The van der Waals surface area contributed by atoms with Crippen molar-refractivity contribution in [3.05, 3.63) is 36.0 Å². The number of anilines is 1. The van der Waals surface area contributed by atoms with Gasteiger partial charge in [0.05, 0.1) is 18.6 Å². The first-order chi connectivity index (χ1) is 9.70. The van der Waals surface area contributed by atoms with Gasteiger partial charge in [0, 0.05) is 31.9 Å². The quantitative estimate of drug-likeness (QED) is 0.829. The summed E-state index contributed by atoms with van der Waals surface area (Å²) in [5.74, 6) is 0.452. The van der Waals surface area contributed by atoms with Gasteiger partial charge in [0.15, 0.2) is 0 Å². The molecule has 0 aliphatic carbocycles. The minimum atomic E-state index is -0.168. The van der Waals surface area contributed by atoms with Crippen LogP contribution in [0.15, 0.2) is 24.8 Å². The standard InChI is InChI=1S/C13H18N6O/c1-3-4-15-12-8-14-7-11(18-12)13(20)19(2)9-10-5-16-17-6-10/h5-8H,3-4,9H2,1-2H3,(H,15,18)(H,16,17). The largest absolute Gasteiger partial charge is 0.369 e. The van der Waals surface area contributed by atoms with E-state index >= 15 is 0 Å². The third-order valence-electron chi connectivity index (χ3n) is 2.73. The van der Waals surface area contributed by atoms with Crippen LogP contribution >= 0.6 is 0 Å². The van der Waals surface area contributed by atoms with Crippen LogP contribution in [0.25, 0.3) is 0 Å². The normalized spacial score (nSPS) is 10.3. The monoisotopic (exact) mass is 274 g/mol. The van der Waals surface area contributed by atoms with Crippen molar-refractivity contribution >= 4 is 11.7 Å². The number of aromatic nitrogens is 4. The lowest BCUT2D eigenvalue weighted by molar-refractivity contribution is 0.0779. The molecule has 2 rings (SSSR count). The molecule has 7 nitrogen and oxygen atoms in total. The van der Waals surface area contributed by atoms with Gasteiger partial charge in [0.1, 0.15) is 11.5 Å². The Hall–Kier alpha value is -2.44. The summed E-state index contributed by atoms with van der Waals surface area (Å²) in [7, 11) is 1.73. The second-order valence-electron chi connectivity index (χ2n) is 4.48. The number of nitrogens with zero attached hydrogens (tertiary/aromatic N) is 4. The average molecular weight is 274 g/mol. The third kappa shape index (κ3) is 3.53. The Bertz CT molecular complexity index is 554. The molecule has 0 radical (unpaired) electrons. The Labute approximate surface area is 117 Å². The Balaban J connectivity index is 2.04. The molecule has 106 valence electrons. The van der Waals surface area contributed by atoms with E-state index in [1.165, 1.54) is 6.20 Å². The molecule has 0 aliphatic rings. The Morgan fingerprint density at radius 2 is 2.25 bits per heavy atom. The minimum absolute atomic E-state index is 0.168. The molecular formula is C13H18N6O. The lowest BCUT2D eigenvalue weighted by Gasteiger charge is -2.15. The summed E-state index contributed by atoms with van der Waals surface area (Å²) in [6.45, 7) is 3.34. The third-order valence-corrected chi connectivity index (χ3v) is 2.73. The number of aromatic amines is 1. The summed E-state index contributed by atoms with van der Waals surface area (Å²) in [5.41, 5.74) is 1.27. The smallest absolute Gasteiger partial charge is 0.274 e. The van der Waals surface area contributed by atoms with E-state index in [9.17, 15) is 4.79 Å². The number of rotatable bonds is 6. The van der Waals surface area contributed by atoms with E-state index in [4.69, 9.17) is 0 Å². The second-order valence-corrected chi connectivity index (χ2v) is 4.48. The first-order valence-corrected chi connectivity index (χ1v) is 6.49. The number of carbonyl (C=O) groups excluding carboxylic acids is 1. The molecule has 1 amide bonds. The molecule has 0 saturated carbocycles. The molecule has 0 aromatic carbocycles. The van der Waals surface area contributed by atoms with E-state index in [0.717, 1.165) is 18.5 Å². The van der Waals surface area contributed by atoms with Gasteiger partial charge < -0.3 is 10.2 Å². The Morgan fingerprint density at radius 1 is 1.40 bits per heavy atom. The molecular weight excluding hydrogens is 256 g/mol. The topological polar surface area (TPSA) is 86.8 Å². The van der Waals surface area contributed by atoms with Crippen LogP contribution in [0.3, 0.4) is 0 Å². The van der Waals surface area contributed by atoms with Crippen LogP contribution in [0.4, 0.5) is 5.82 Å². The zero-order chi connectivity index (χ0) is 14.4. The maximum atomic E-state index is 12.3. The van der Waals surface area contributed by atoms with Gasteiger partial charge in [0.25, 0.3) is 5.91 Å². The predicted molar refractivity (Wildman–Crippen MR) is 75.2 cm³/mol. The summed E-state index contributed by atoms with van der Waals surface area (Å²) in [5, 5.41) is 9.69. The van der Waals surface area contributed by atoms with Crippen molar-refractivity contribution in [3.8, 4) is 0 Å². The fraction of sp³-hybridized carbons (Fsp3) is 0.385. The molecule has 7 heteroatoms. The predicted octanol–water partition coefficient (Wildman–Crippen LogP) is 1.29. The molecule has 0 bridgehead atoms. The summed E-state index contributed by atoms with van der Waals surface area (Å²) >= 11 is 0. The number of amides is 1. The molecule has 0 saturated heterocycles. The van der Waals surface area contributed by atoms with Gasteiger partial charge in [-0.2, -0.15) is 5.10 Å². The van der Waals surface area contributed by atoms with E-state index in [1.807, 2.05) is 0 Å². The zero-order valence-electron chi connectivity index (χ0n) is 11.6. The Morgan fingerprint density at radius 3 is 2.95 bits per heavy atom. The van der Waals surface area contributed by atoms with Crippen LogP contribution in [0.5, 0.6) is 0 Å². The van der Waals surface area contributed by atoms with E-state index in [-0.39, 0.29) is 5.91 Å². The molecule has 2 N–H and O–H groups in total. The van der Waals surface area contributed by atoms with Gasteiger partial charge in [-0.25, -0.2) is 4.98 Å². The van der Waals surface area contributed by atoms with Crippen molar-refractivity contribution in [2.24, 2.45) is 0 Å². The lowest BCUT2D eigenvalue weighted by Crippen LogP contribution is -2.27. The molecule has 2 aromatic rings. The highest BCUT2D eigenvalue weighted by Gasteiger charge is 2.14. The highest BCUT2D eigenvalue weighted by atomic mass is 16.2. The SMILES string of the molecule is CCCNc1cncc(C(=O)N(C)Cc2cn[nH]c2)n1. The van der Waals surface area contributed by atoms with Crippen molar-refractivity contribution < 1.29 is 4.79 Å². The van der Waals surface area contributed by atoms with Gasteiger partial charge in [-0.1, -0.05) is 6.92 Å². The molecule has 0 unspecified atom stereocenters. The van der Waals surface area contributed by atoms with Crippen molar-refractivity contribution in [1.29, 1.82) is 0 Å². The molecule has 0 aliphatic heterocycles. The molecule has 2 aromatic heterocycles. The number of hydrogen-bond acceptors (Lipinski definition) is 5. The average Bonchev–Trinajstić information content (AvgIpc) is 2.97. The first-order valence-electron chi connectivity index (χ1n) is 6.49. The second kappa shape index (κ2) is 6.65. The highest BCUT2D eigenvalue weighted by molar-refractivity contribution is 5.92. The molecule has 0 atom stereocenters. The van der Waals surface area contributed by atoms with Crippen molar-refractivity contribution in [2.45, 2.75) is 19.9 Å². The molecule has 0 spiro atoms. The number of hydrogen-bond donors (Lipinski definition) is 2. The van der Waals surface area contributed by atoms with Gasteiger partial charge >= 0.3 is 0 Å². The Kier molecular flexibility index (Phi) is 4.65. The van der Waals surface area contributed by atoms with Crippen molar-refractivity contribution in [2.75, 3.05) is 18.9 Å². The van der Waals surface area contributed by atoms with Crippen LogP contribution in [-0.2, 0) is 6.54 Å². The summed E-state index contributed by atoms with van der Waals surface area (Å²) in [6, 6.07) is 0. The van der Waals surface area contributed by atoms with Crippen LogP contribution in [0.1, 0.15) is 29.4 Å². The van der Waals surface area contributed by atoms with E-state index in [0.29, 0.717) is 18.1 Å². The van der Waals surface area contributed by atoms with Crippen LogP contribution in [0, 0.1) is 0 Å². The maximum absolute atomic E-state index is 12.3. The van der Waals surface area contributed by atoms with E-state index in [2.05, 4.69) is 32.4 Å². The fourth-order valence-electron chi connectivity index (χ4n) is 1.71. The maximum Gasteiger partial charge on any atom is 0.274 e. The van der Waals surface area contributed by atoms with Crippen LogP contribution < -0.4 is 5.32 Å². The zero-order valence-corrected chi connectivity index (χ0v) is 11.6.